The van der Waals surface area contributed by atoms with Crippen LogP contribution in [0.5, 0.6) is 0 Å². The lowest BCUT2D eigenvalue weighted by molar-refractivity contribution is -0.131. The van der Waals surface area contributed by atoms with Crippen LogP contribution in [0.3, 0.4) is 0 Å². The topological polar surface area (TPSA) is 46.5 Å². The molecule has 0 aliphatic carbocycles. The molecule has 0 radical (unpaired) electrons. The third-order valence-electron chi connectivity index (χ3n) is 3.17. The zero-order chi connectivity index (χ0) is 12.3. The molecule has 2 atom stereocenters. The minimum atomic E-state index is -0.616. The summed E-state index contributed by atoms with van der Waals surface area (Å²) in [5.74, 6) is -0.325. The Balaban J connectivity index is 5.03. The molecule has 0 bridgehead atoms. The molecule has 3 nitrogen and oxygen atoms in total. The third-order valence-corrected chi connectivity index (χ3v) is 3.17. The highest BCUT2D eigenvalue weighted by Gasteiger charge is 2.41. The number of hydrogen-bond acceptors (Lipinski definition) is 2. The van der Waals surface area contributed by atoms with E-state index in [4.69, 9.17) is 0 Å². The molecular formula is C12H23NO2. The van der Waals surface area contributed by atoms with Gasteiger partial charge < -0.3 is 0 Å². The highest BCUT2D eigenvalue weighted by Crippen LogP contribution is 2.41. The van der Waals surface area contributed by atoms with Gasteiger partial charge in [0.1, 0.15) is 0 Å². The first kappa shape index (κ1) is 14.3. The Morgan fingerprint density at radius 1 is 1.27 bits per heavy atom. The SMILES string of the molecule is CCC(C)C(C)(CC(C)(C)C)C(=O)N=O. The average Bonchev–Trinajstić information content (AvgIpc) is 2.12. The van der Waals surface area contributed by atoms with Crippen LogP contribution < -0.4 is 0 Å². The van der Waals surface area contributed by atoms with E-state index < -0.39 is 11.3 Å². The van der Waals surface area contributed by atoms with Crippen molar-refractivity contribution in [1.29, 1.82) is 0 Å². The standard InChI is InChI=1S/C12H23NO2/c1-7-9(2)12(6,10(14)13-15)8-11(3,4)5/h9H,7-8H2,1-6H3. The largest absolute Gasteiger partial charge is 0.292 e. The zero-order valence-corrected chi connectivity index (χ0v) is 10.8. The molecule has 0 saturated carbocycles. The van der Waals surface area contributed by atoms with Gasteiger partial charge in [-0.15, -0.1) is 4.91 Å². The molecule has 1 amide bonds. The van der Waals surface area contributed by atoms with Crippen LogP contribution in [-0.4, -0.2) is 5.91 Å². The maximum Gasteiger partial charge on any atom is 0.292 e. The van der Waals surface area contributed by atoms with Gasteiger partial charge in [-0.3, -0.25) is 4.79 Å². The smallest absolute Gasteiger partial charge is 0.268 e. The molecule has 0 aliphatic rings. The number of nitrogens with zero attached hydrogens (tertiary/aromatic N) is 1. The van der Waals surface area contributed by atoms with Gasteiger partial charge in [0, 0.05) is 5.18 Å². The van der Waals surface area contributed by atoms with Crippen molar-refractivity contribution >= 4 is 5.91 Å². The Bertz CT molecular complexity index is 242. The van der Waals surface area contributed by atoms with Gasteiger partial charge >= 0.3 is 0 Å². The molecule has 0 aliphatic heterocycles. The predicted molar refractivity (Wildman–Crippen MR) is 62.4 cm³/mol. The fourth-order valence-corrected chi connectivity index (χ4v) is 2.12. The molecule has 0 spiro atoms. The Labute approximate surface area is 92.6 Å². The monoisotopic (exact) mass is 213 g/mol. The summed E-state index contributed by atoms with van der Waals surface area (Å²) in [5, 5.41) is 2.62. The van der Waals surface area contributed by atoms with E-state index >= 15 is 0 Å². The summed E-state index contributed by atoms with van der Waals surface area (Å²) in [6.07, 6.45) is 1.58. The lowest BCUT2D eigenvalue weighted by Crippen LogP contribution is -2.37. The molecule has 0 fully saturated rings. The Hall–Kier alpha value is -0.730. The fraction of sp³-hybridized carbons (Fsp3) is 0.917. The van der Waals surface area contributed by atoms with Crippen molar-refractivity contribution in [2.75, 3.05) is 0 Å². The molecule has 88 valence electrons. The first-order valence-corrected chi connectivity index (χ1v) is 5.55. The normalized spacial score (nSPS) is 18.0. The summed E-state index contributed by atoms with van der Waals surface area (Å²) >= 11 is 0. The third kappa shape index (κ3) is 3.73. The van der Waals surface area contributed by atoms with Gasteiger partial charge in [-0.25, -0.2) is 0 Å². The van der Waals surface area contributed by atoms with Gasteiger partial charge in [-0.1, -0.05) is 48.0 Å². The van der Waals surface area contributed by atoms with Crippen LogP contribution in [-0.2, 0) is 4.79 Å². The van der Waals surface area contributed by atoms with E-state index in [1.165, 1.54) is 0 Å². The molecule has 0 aromatic heterocycles. The zero-order valence-electron chi connectivity index (χ0n) is 10.8. The van der Waals surface area contributed by atoms with E-state index in [0.717, 1.165) is 6.42 Å². The average molecular weight is 213 g/mol. The van der Waals surface area contributed by atoms with Crippen LogP contribution in [0.15, 0.2) is 5.18 Å². The molecule has 0 heterocycles. The van der Waals surface area contributed by atoms with Crippen LogP contribution in [0.4, 0.5) is 0 Å². The van der Waals surface area contributed by atoms with Gasteiger partial charge in [0.15, 0.2) is 0 Å². The van der Waals surface area contributed by atoms with Crippen molar-refractivity contribution in [1.82, 2.24) is 0 Å². The molecule has 15 heavy (non-hydrogen) atoms. The van der Waals surface area contributed by atoms with E-state index in [2.05, 4.69) is 25.9 Å². The molecule has 0 aromatic rings. The number of hydrogen-bond donors (Lipinski definition) is 0. The van der Waals surface area contributed by atoms with E-state index in [0.29, 0.717) is 6.42 Å². The number of carbonyl (C=O) groups excluding carboxylic acids is 1. The Kier molecular flexibility index (Phi) is 4.63. The molecule has 0 aromatic carbocycles. The second-order valence-electron chi connectivity index (χ2n) is 5.86. The predicted octanol–water partition coefficient (Wildman–Crippen LogP) is 3.77. The maximum atomic E-state index is 11.6. The van der Waals surface area contributed by atoms with Crippen molar-refractivity contribution in [3.05, 3.63) is 4.91 Å². The van der Waals surface area contributed by atoms with Crippen molar-refractivity contribution in [2.24, 2.45) is 21.9 Å². The van der Waals surface area contributed by atoms with Crippen LogP contribution in [0.2, 0.25) is 0 Å². The van der Waals surface area contributed by atoms with Crippen LogP contribution in [0, 0.1) is 21.7 Å². The number of rotatable bonds is 4. The number of amides is 1. The van der Waals surface area contributed by atoms with Crippen molar-refractivity contribution < 1.29 is 4.79 Å². The minimum Gasteiger partial charge on any atom is -0.268 e. The molecule has 0 rings (SSSR count). The molecule has 0 N–H and O–H groups in total. The van der Waals surface area contributed by atoms with Gasteiger partial charge in [-0.05, 0) is 17.8 Å². The second-order valence-corrected chi connectivity index (χ2v) is 5.86. The van der Waals surface area contributed by atoms with Crippen molar-refractivity contribution in [3.8, 4) is 0 Å². The lowest BCUT2D eigenvalue weighted by atomic mass is 9.67. The van der Waals surface area contributed by atoms with Crippen LogP contribution >= 0.6 is 0 Å². The quantitative estimate of drug-likeness (QED) is 0.667. The minimum absolute atomic E-state index is 0.0263. The lowest BCUT2D eigenvalue weighted by Gasteiger charge is -2.36. The van der Waals surface area contributed by atoms with Gasteiger partial charge in [0.05, 0.1) is 5.41 Å². The summed E-state index contributed by atoms with van der Waals surface area (Å²) < 4.78 is 0. The van der Waals surface area contributed by atoms with E-state index in [-0.39, 0.29) is 11.3 Å². The van der Waals surface area contributed by atoms with Crippen molar-refractivity contribution in [3.63, 3.8) is 0 Å². The Morgan fingerprint density at radius 3 is 2.00 bits per heavy atom. The first-order chi connectivity index (χ1) is 6.67. The van der Waals surface area contributed by atoms with Crippen LogP contribution in [0.25, 0.3) is 0 Å². The highest BCUT2D eigenvalue weighted by atomic mass is 16.3. The molecule has 2 unspecified atom stereocenters. The highest BCUT2D eigenvalue weighted by molar-refractivity contribution is 5.83. The van der Waals surface area contributed by atoms with Crippen LogP contribution in [0.1, 0.15) is 54.4 Å². The summed E-state index contributed by atoms with van der Waals surface area (Å²) in [6.45, 7) is 12.1. The number of carbonyl (C=O) groups is 1. The van der Waals surface area contributed by atoms with Gasteiger partial charge in [0.25, 0.3) is 5.91 Å². The molecular weight excluding hydrogens is 190 g/mol. The van der Waals surface area contributed by atoms with Gasteiger partial charge in [0.2, 0.25) is 0 Å². The Morgan fingerprint density at radius 2 is 1.73 bits per heavy atom. The maximum absolute atomic E-state index is 11.6. The summed E-state index contributed by atoms with van der Waals surface area (Å²) in [7, 11) is 0. The van der Waals surface area contributed by atoms with E-state index in [9.17, 15) is 9.70 Å². The summed E-state index contributed by atoms with van der Waals surface area (Å²) in [6, 6.07) is 0. The first-order valence-electron chi connectivity index (χ1n) is 5.55. The van der Waals surface area contributed by atoms with E-state index in [1.54, 1.807) is 0 Å². The van der Waals surface area contributed by atoms with Gasteiger partial charge in [-0.2, -0.15) is 0 Å². The van der Waals surface area contributed by atoms with Crippen molar-refractivity contribution in [2.45, 2.75) is 54.4 Å². The summed E-state index contributed by atoms with van der Waals surface area (Å²) in [5.41, 5.74) is -0.590. The van der Waals surface area contributed by atoms with E-state index in [1.807, 2.05) is 20.8 Å². The molecule has 0 saturated heterocycles. The second kappa shape index (κ2) is 4.86. The molecule has 3 heteroatoms. The number of nitroso groups, excluding NO2 is 1. The fourth-order valence-electron chi connectivity index (χ4n) is 2.12. The summed E-state index contributed by atoms with van der Waals surface area (Å²) in [4.78, 5) is 22.1.